The average molecular weight is 494 g/mol. The van der Waals surface area contributed by atoms with E-state index in [2.05, 4.69) is 32.9 Å². The second-order valence-corrected chi connectivity index (χ2v) is 9.66. The molecule has 3 aromatic carbocycles. The van der Waals surface area contributed by atoms with Gasteiger partial charge >= 0.3 is 0 Å². The molecule has 0 saturated heterocycles. The zero-order valence-electron chi connectivity index (χ0n) is 20.0. The number of aromatic nitrogens is 2. The van der Waals surface area contributed by atoms with E-state index >= 15 is 0 Å². The van der Waals surface area contributed by atoms with Gasteiger partial charge in [-0.05, 0) is 55.2 Å². The van der Waals surface area contributed by atoms with Crippen molar-refractivity contribution in [3.05, 3.63) is 86.9 Å². The largest absolute Gasteiger partial charge is 0.493 e. The highest BCUT2D eigenvalue weighted by atomic mass is 35.5. The maximum atomic E-state index is 9.07. The number of thioether (sulfide) groups is 1. The number of nitrogens with one attached hydrogen (secondary N) is 1. The van der Waals surface area contributed by atoms with Crippen LogP contribution in [0.5, 0.6) is 11.5 Å². The van der Waals surface area contributed by atoms with E-state index in [1.165, 1.54) is 22.3 Å². The summed E-state index contributed by atoms with van der Waals surface area (Å²) in [5, 5.41) is 11.2. The minimum atomic E-state index is 0.353. The Bertz CT molecular complexity index is 1410. The minimum Gasteiger partial charge on any atom is -0.493 e. The van der Waals surface area contributed by atoms with Crippen molar-refractivity contribution in [1.29, 1.82) is 5.41 Å². The van der Waals surface area contributed by atoms with Gasteiger partial charge in [0.15, 0.2) is 16.7 Å². The maximum absolute atomic E-state index is 9.07. The first-order chi connectivity index (χ1) is 16.3. The van der Waals surface area contributed by atoms with Gasteiger partial charge in [0, 0.05) is 22.2 Å². The predicted octanol–water partition coefficient (Wildman–Crippen LogP) is 6.45. The highest BCUT2D eigenvalue weighted by Crippen LogP contribution is 2.32. The third-order valence-corrected chi connectivity index (χ3v) is 7.32. The summed E-state index contributed by atoms with van der Waals surface area (Å²) < 4.78 is 12.9. The van der Waals surface area contributed by atoms with Crippen molar-refractivity contribution in [2.24, 2.45) is 0 Å². The van der Waals surface area contributed by atoms with Crippen LogP contribution in [0.3, 0.4) is 0 Å². The monoisotopic (exact) mass is 493 g/mol. The number of methoxy groups -OCH3 is 2. The molecule has 5 nitrogen and oxygen atoms in total. The van der Waals surface area contributed by atoms with Gasteiger partial charge in [-0.1, -0.05) is 59.3 Å². The zero-order valence-corrected chi connectivity index (χ0v) is 21.6. The second kappa shape index (κ2) is 10.1. The second-order valence-electron chi connectivity index (χ2n) is 8.31. The number of hydrogen-bond acceptors (Lipinski definition) is 5. The molecule has 176 valence electrons. The molecule has 34 heavy (non-hydrogen) atoms. The van der Waals surface area contributed by atoms with E-state index in [-0.39, 0.29) is 0 Å². The molecule has 0 aliphatic carbocycles. The van der Waals surface area contributed by atoms with Crippen molar-refractivity contribution < 1.29 is 9.47 Å². The molecule has 0 amide bonds. The molecule has 1 heterocycles. The van der Waals surface area contributed by atoms with Crippen LogP contribution in [0.25, 0.3) is 10.9 Å². The number of nitrogens with zero attached hydrogens (tertiary/aromatic N) is 2. The molecule has 0 saturated carbocycles. The standard InChI is InChI=1S/C27H28ClN3O2S/c1-16-10-17(2)21(18(3)11-16)15-34-27-30-23-13-25(33-5)24(32-4)12-20(23)26(29)31(27)14-19-8-6-7-9-22(19)28/h6-13,29H,14-15H2,1-5H3. The molecule has 4 rings (SSSR count). The highest BCUT2D eigenvalue weighted by Gasteiger charge is 2.16. The summed E-state index contributed by atoms with van der Waals surface area (Å²) in [6, 6.07) is 15.8. The Labute approximate surface area is 209 Å². The van der Waals surface area contributed by atoms with E-state index in [0.29, 0.717) is 39.5 Å². The fourth-order valence-electron chi connectivity index (χ4n) is 4.18. The van der Waals surface area contributed by atoms with Gasteiger partial charge in [0.05, 0.1) is 26.3 Å². The summed E-state index contributed by atoms with van der Waals surface area (Å²) in [7, 11) is 3.19. The van der Waals surface area contributed by atoms with Crippen molar-refractivity contribution in [3.8, 4) is 11.5 Å². The van der Waals surface area contributed by atoms with E-state index in [1.807, 2.05) is 41.0 Å². The van der Waals surface area contributed by atoms with Crippen LogP contribution in [0, 0.1) is 26.2 Å². The number of halogens is 1. The van der Waals surface area contributed by atoms with Gasteiger partial charge in [0.2, 0.25) is 0 Å². The molecule has 0 fully saturated rings. The molecule has 0 bridgehead atoms. The van der Waals surface area contributed by atoms with Crippen molar-refractivity contribution in [3.63, 3.8) is 0 Å². The number of hydrogen-bond donors (Lipinski definition) is 1. The third-order valence-electron chi connectivity index (χ3n) is 5.95. The summed E-state index contributed by atoms with van der Waals surface area (Å²) in [6.45, 7) is 6.86. The van der Waals surface area contributed by atoms with Gasteiger partial charge < -0.3 is 14.0 Å². The summed E-state index contributed by atoms with van der Waals surface area (Å²) in [5.41, 5.74) is 7.07. The van der Waals surface area contributed by atoms with E-state index in [9.17, 15) is 0 Å². The molecule has 0 radical (unpaired) electrons. The van der Waals surface area contributed by atoms with E-state index in [4.69, 9.17) is 31.5 Å². The quantitative estimate of drug-likeness (QED) is 0.237. The zero-order chi connectivity index (χ0) is 24.4. The van der Waals surface area contributed by atoms with Crippen LogP contribution in [0.15, 0.2) is 53.7 Å². The topological polar surface area (TPSA) is 60.1 Å². The maximum Gasteiger partial charge on any atom is 0.170 e. The van der Waals surface area contributed by atoms with Crippen molar-refractivity contribution in [2.75, 3.05) is 14.2 Å². The van der Waals surface area contributed by atoms with E-state index < -0.39 is 0 Å². The van der Waals surface area contributed by atoms with E-state index in [0.717, 1.165) is 16.5 Å². The number of benzene rings is 3. The van der Waals surface area contributed by atoms with Crippen LogP contribution in [0.4, 0.5) is 0 Å². The summed E-state index contributed by atoms with van der Waals surface area (Å²) in [6.07, 6.45) is 0. The van der Waals surface area contributed by atoms with Gasteiger partial charge in [-0.25, -0.2) is 4.98 Å². The normalized spacial score (nSPS) is 11.1. The summed E-state index contributed by atoms with van der Waals surface area (Å²) >= 11 is 8.10. The molecule has 0 unspecified atom stereocenters. The lowest BCUT2D eigenvalue weighted by atomic mass is 10.0. The Balaban J connectivity index is 1.85. The third kappa shape index (κ3) is 4.79. The van der Waals surface area contributed by atoms with E-state index in [1.54, 1.807) is 26.0 Å². The molecular weight excluding hydrogens is 466 g/mol. The summed E-state index contributed by atoms with van der Waals surface area (Å²) in [5.74, 6) is 1.92. The number of aryl methyl sites for hydroxylation is 3. The number of fused-ring (bicyclic) bond motifs is 1. The molecule has 0 atom stereocenters. The Morgan fingerprint density at radius 2 is 1.62 bits per heavy atom. The Hall–Kier alpha value is -2.96. The van der Waals surface area contributed by atoms with Crippen molar-refractivity contribution >= 4 is 34.3 Å². The Morgan fingerprint density at radius 1 is 0.971 bits per heavy atom. The van der Waals surface area contributed by atoms with Crippen LogP contribution >= 0.6 is 23.4 Å². The molecule has 4 aromatic rings. The molecule has 0 spiro atoms. The first-order valence-electron chi connectivity index (χ1n) is 11.0. The highest BCUT2D eigenvalue weighted by molar-refractivity contribution is 7.98. The first-order valence-corrected chi connectivity index (χ1v) is 12.3. The van der Waals surface area contributed by atoms with Crippen molar-refractivity contribution in [1.82, 2.24) is 9.55 Å². The van der Waals surface area contributed by atoms with Crippen LogP contribution in [0.1, 0.15) is 27.8 Å². The van der Waals surface area contributed by atoms with Crippen LogP contribution in [-0.4, -0.2) is 23.8 Å². The SMILES string of the molecule is COc1cc2nc(SCc3c(C)cc(C)cc3C)n(Cc3ccccc3Cl)c(=N)c2cc1OC. The van der Waals surface area contributed by atoms with Crippen molar-refractivity contribution in [2.45, 2.75) is 38.2 Å². The van der Waals surface area contributed by atoms with Gasteiger partial charge in [0.1, 0.15) is 5.49 Å². The minimum absolute atomic E-state index is 0.353. The van der Waals surface area contributed by atoms with Gasteiger partial charge in [0.25, 0.3) is 0 Å². The summed E-state index contributed by atoms with van der Waals surface area (Å²) in [4.78, 5) is 4.97. The van der Waals surface area contributed by atoms with Crippen LogP contribution in [0.2, 0.25) is 5.02 Å². The molecule has 1 N–H and O–H groups in total. The Kier molecular flexibility index (Phi) is 7.19. The fourth-order valence-corrected chi connectivity index (χ4v) is 5.58. The molecule has 0 aliphatic rings. The fraction of sp³-hybridized carbons (Fsp3) is 0.259. The number of rotatable bonds is 7. The lowest BCUT2D eigenvalue weighted by molar-refractivity contribution is 0.355. The lowest BCUT2D eigenvalue weighted by Crippen LogP contribution is -2.24. The molecule has 0 aliphatic heterocycles. The molecule has 1 aromatic heterocycles. The predicted molar refractivity (Wildman–Crippen MR) is 139 cm³/mol. The van der Waals surface area contributed by atoms with Crippen LogP contribution < -0.4 is 15.0 Å². The first kappa shape index (κ1) is 24.2. The Morgan fingerprint density at radius 3 is 2.26 bits per heavy atom. The van der Waals surface area contributed by atoms with Gasteiger partial charge in [-0.3, -0.25) is 5.41 Å². The number of ether oxygens (including phenoxy) is 2. The van der Waals surface area contributed by atoms with Gasteiger partial charge in [-0.2, -0.15) is 0 Å². The smallest absolute Gasteiger partial charge is 0.170 e. The molecular formula is C27H28ClN3O2S. The lowest BCUT2D eigenvalue weighted by Gasteiger charge is -2.18. The average Bonchev–Trinajstić information content (AvgIpc) is 2.81. The molecule has 7 heteroatoms. The van der Waals surface area contributed by atoms with Crippen LogP contribution in [-0.2, 0) is 12.3 Å². The van der Waals surface area contributed by atoms with Gasteiger partial charge in [-0.15, -0.1) is 0 Å².